The van der Waals surface area contributed by atoms with Gasteiger partial charge in [-0.1, -0.05) is 50.7 Å². The average molecular weight is 491 g/mol. The van der Waals surface area contributed by atoms with Gasteiger partial charge in [-0.05, 0) is 92.5 Å². The summed E-state index contributed by atoms with van der Waals surface area (Å²) in [5.74, 6) is 1.54. The summed E-state index contributed by atoms with van der Waals surface area (Å²) in [6.45, 7) is 12.9. The van der Waals surface area contributed by atoms with Crippen LogP contribution in [0.4, 0.5) is 17.1 Å². The predicted octanol–water partition coefficient (Wildman–Crippen LogP) is 7.51. The number of nitrogens with zero attached hydrogens (tertiary/aromatic N) is 3. The van der Waals surface area contributed by atoms with Gasteiger partial charge in [0, 0.05) is 18.3 Å². The lowest BCUT2D eigenvalue weighted by molar-refractivity contribution is -0.114. The minimum absolute atomic E-state index is 0.0646. The van der Waals surface area contributed by atoms with Gasteiger partial charge in [-0.25, -0.2) is 9.98 Å². The van der Waals surface area contributed by atoms with Gasteiger partial charge in [-0.15, -0.1) is 0 Å². The van der Waals surface area contributed by atoms with Crippen molar-refractivity contribution in [3.8, 4) is 0 Å². The van der Waals surface area contributed by atoms with Crippen molar-refractivity contribution in [2.45, 2.75) is 72.8 Å². The van der Waals surface area contributed by atoms with E-state index in [0.29, 0.717) is 5.92 Å². The Hall–Kier alpha value is -2.60. The normalized spacial score (nSPS) is 23.6. The number of carbonyl (C=O) groups excluding carboxylic acids is 1. The second kappa shape index (κ2) is 9.81. The Morgan fingerprint density at radius 2 is 1.69 bits per heavy atom. The average Bonchev–Trinajstić information content (AvgIpc) is 3.08. The third-order valence-corrected chi connectivity index (χ3v) is 8.20. The fourth-order valence-corrected chi connectivity index (χ4v) is 6.19. The number of anilines is 2. The highest BCUT2D eigenvalue weighted by atomic mass is 32.2. The molecular weight excluding hydrogens is 452 g/mol. The van der Waals surface area contributed by atoms with E-state index in [9.17, 15) is 4.79 Å². The molecule has 0 atom stereocenters. The molecule has 0 radical (unpaired) electrons. The number of carbonyl (C=O) groups is 1. The van der Waals surface area contributed by atoms with E-state index < -0.39 is 0 Å². The Morgan fingerprint density at radius 1 is 1.09 bits per heavy atom. The largest absolute Gasteiger partial charge is 0.326 e. The molecule has 1 heterocycles. The highest BCUT2D eigenvalue weighted by Crippen LogP contribution is 2.49. The molecule has 0 unspecified atom stereocenters. The van der Waals surface area contributed by atoms with Crippen LogP contribution in [0, 0.1) is 25.2 Å². The van der Waals surface area contributed by atoms with Crippen molar-refractivity contribution in [3.63, 3.8) is 0 Å². The maximum absolute atomic E-state index is 11.5. The third kappa shape index (κ3) is 5.04. The van der Waals surface area contributed by atoms with Gasteiger partial charge >= 0.3 is 0 Å². The number of nitrogens with one attached hydrogen (secondary N) is 1. The first kappa shape index (κ1) is 25.5. The molecule has 4 rings (SSSR count). The zero-order chi connectivity index (χ0) is 25.4. The molecule has 1 fully saturated rings. The van der Waals surface area contributed by atoms with Crippen molar-refractivity contribution in [3.05, 3.63) is 53.6 Å². The molecule has 5 nitrogen and oxygen atoms in total. The van der Waals surface area contributed by atoms with Gasteiger partial charge < -0.3 is 10.2 Å². The van der Waals surface area contributed by atoms with Crippen molar-refractivity contribution in [1.29, 1.82) is 0 Å². The molecule has 6 heteroatoms. The molecule has 35 heavy (non-hydrogen) atoms. The molecule has 1 amide bonds. The van der Waals surface area contributed by atoms with E-state index in [4.69, 9.17) is 9.98 Å². The SMILES string of the molecule is CSC1=NC(=Nc2c(C)cccc2C)C2(CCC(C(C)(C)C)CC2)N1c1ccc(NC(C)=O)cc1. The van der Waals surface area contributed by atoms with Crippen LogP contribution in [-0.4, -0.2) is 28.7 Å². The third-order valence-electron chi connectivity index (χ3n) is 7.56. The monoisotopic (exact) mass is 490 g/mol. The lowest BCUT2D eigenvalue weighted by atomic mass is 9.66. The summed E-state index contributed by atoms with van der Waals surface area (Å²) in [6, 6.07) is 14.5. The summed E-state index contributed by atoms with van der Waals surface area (Å²) in [6.07, 6.45) is 6.41. The van der Waals surface area contributed by atoms with Crippen LogP contribution in [0.3, 0.4) is 0 Å². The molecule has 1 saturated carbocycles. The molecule has 1 aliphatic heterocycles. The number of hydrogen-bond donors (Lipinski definition) is 1. The van der Waals surface area contributed by atoms with E-state index >= 15 is 0 Å². The van der Waals surface area contributed by atoms with Gasteiger partial charge in [0.1, 0.15) is 5.54 Å². The molecule has 0 aromatic heterocycles. The number of aliphatic imine (C=N–C) groups is 2. The fourth-order valence-electron chi connectivity index (χ4n) is 5.54. The molecular formula is C29H38N4OS. The van der Waals surface area contributed by atoms with Crippen LogP contribution in [-0.2, 0) is 4.79 Å². The Labute approximate surface area is 214 Å². The number of rotatable bonds is 3. The topological polar surface area (TPSA) is 57.1 Å². The molecule has 1 spiro atoms. The second-order valence-corrected chi connectivity index (χ2v) is 11.8. The predicted molar refractivity (Wildman–Crippen MR) is 151 cm³/mol. The van der Waals surface area contributed by atoms with Crippen molar-refractivity contribution in [2.24, 2.45) is 21.3 Å². The molecule has 0 bridgehead atoms. The van der Waals surface area contributed by atoms with Gasteiger partial charge in [-0.3, -0.25) is 4.79 Å². The summed E-state index contributed by atoms with van der Waals surface area (Å²) in [5.41, 5.74) is 5.30. The number of aryl methyl sites for hydroxylation is 2. The van der Waals surface area contributed by atoms with Crippen LogP contribution in [0.25, 0.3) is 0 Å². The molecule has 2 aliphatic rings. The van der Waals surface area contributed by atoms with E-state index in [1.165, 1.54) is 18.1 Å². The molecule has 1 aliphatic carbocycles. The summed E-state index contributed by atoms with van der Waals surface area (Å²) in [5, 5.41) is 3.86. The van der Waals surface area contributed by atoms with Crippen molar-refractivity contribution < 1.29 is 4.79 Å². The first-order valence-electron chi connectivity index (χ1n) is 12.5. The highest BCUT2D eigenvalue weighted by Gasteiger charge is 2.52. The second-order valence-electron chi connectivity index (χ2n) is 11.0. The van der Waals surface area contributed by atoms with E-state index in [-0.39, 0.29) is 16.9 Å². The van der Waals surface area contributed by atoms with Crippen LogP contribution in [0.1, 0.15) is 64.5 Å². The summed E-state index contributed by atoms with van der Waals surface area (Å²) < 4.78 is 0. The van der Waals surface area contributed by atoms with Gasteiger partial charge in [0.05, 0.1) is 5.69 Å². The number of para-hydroxylation sites is 1. The fraction of sp³-hybridized carbons (Fsp3) is 0.483. The summed E-state index contributed by atoms with van der Waals surface area (Å²) in [4.78, 5) is 24.4. The molecule has 1 N–H and O–H groups in total. The van der Waals surface area contributed by atoms with Crippen LogP contribution in [0.15, 0.2) is 52.4 Å². The zero-order valence-electron chi connectivity index (χ0n) is 22.1. The van der Waals surface area contributed by atoms with Crippen molar-refractivity contribution >= 4 is 45.7 Å². The Kier molecular flexibility index (Phi) is 7.14. The van der Waals surface area contributed by atoms with Crippen LogP contribution in [0.5, 0.6) is 0 Å². The van der Waals surface area contributed by atoms with Crippen molar-refractivity contribution in [1.82, 2.24) is 0 Å². The highest BCUT2D eigenvalue weighted by molar-refractivity contribution is 8.13. The van der Waals surface area contributed by atoms with E-state index in [2.05, 4.69) is 81.4 Å². The van der Waals surface area contributed by atoms with Crippen molar-refractivity contribution in [2.75, 3.05) is 16.5 Å². The lowest BCUT2D eigenvalue weighted by Crippen LogP contribution is -2.54. The number of amidine groups is 2. The molecule has 2 aromatic carbocycles. The van der Waals surface area contributed by atoms with Crippen LogP contribution in [0.2, 0.25) is 0 Å². The van der Waals surface area contributed by atoms with Gasteiger partial charge in [-0.2, -0.15) is 0 Å². The minimum Gasteiger partial charge on any atom is -0.326 e. The Morgan fingerprint density at radius 3 is 2.20 bits per heavy atom. The summed E-state index contributed by atoms with van der Waals surface area (Å²) in [7, 11) is 0. The number of benzene rings is 2. The van der Waals surface area contributed by atoms with Crippen LogP contribution < -0.4 is 10.2 Å². The maximum atomic E-state index is 11.5. The quantitative estimate of drug-likeness (QED) is 0.484. The van der Waals surface area contributed by atoms with Gasteiger partial charge in [0.2, 0.25) is 5.91 Å². The summed E-state index contributed by atoms with van der Waals surface area (Å²) >= 11 is 1.67. The first-order chi connectivity index (χ1) is 16.5. The minimum atomic E-state index is -0.273. The number of thioether (sulfide) groups is 1. The van der Waals surface area contributed by atoms with E-state index in [0.717, 1.165) is 53.7 Å². The number of amides is 1. The van der Waals surface area contributed by atoms with E-state index in [1.807, 2.05) is 12.1 Å². The Bertz CT molecular complexity index is 1130. The molecule has 0 saturated heterocycles. The molecule has 186 valence electrons. The lowest BCUT2D eigenvalue weighted by Gasteiger charge is -2.47. The van der Waals surface area contributed by atoms with Gasteiger partial charge in [0.25, 0.3) is 0 Å². The van der Waals surface area contributed by atoms with E-state index in [1.54, 1.807) is 11.8 Å². The van der Waals surface area contributed by atoms with Crippen LogP contribution >= 0.6 is 11.8 Å². The Balaban J connectivity index is 1.81. The first-order valence-corrected chi connectivity index (χ1v) is 13.7. The number of hydrogen-bond acceptors (Lipinski definition) is 4. The zero-order valence-corrected chi connectivity index (χ0v) is 22.9. The molecule has 2 aromatic rings. The smallest absolute Gasteiger partial charge is 0.221 e. The maximum Gasteiger partial charge on any atom is 0.221 e. The standard InChI is InChI=1S/C29H38N4OS/c1-19-9-8-10-20(2)25(19)31-26-29(17-15-22(16-18-29)28(4,5)6)33(27(32-26)35-7)24-13-11-23(12-14-24)30-21(3)34/h8-14,22H,15-18H2,1-7H3,(H,30,34). The van der Waals surface area contributed by atoms with Gasteiger partial charge in [0.15, 0.2) is 11.0 Å².